The monoisotopic (exact) mass is 265 g/mol. The fourth-order valence-electron chi connectivity index (χ4n) is 2.46. The first-order valence-electron chi connectivity index (χ1n) is 6.67. The maximum atomic E-state index is 5.94. The van der Waals surface area contributed by atoms with Gasteiger partial charge in [-0.05, 0) is 19.4 Å². The number of nitrogens with zero attached hydrogens (tertiary/aromatic N) is 1. The highest BCUT2D eigenvalue weighted by molar-refractivity contribution is 5.62. The molecular weight excluding hydrogens is 242 g/mol. The minimum atomic E-state index is 0.0766. The predicted octanol–water partition coefficient (Wildman–Crippen LogP) is 2.29. The van der Waals surface area contributed by atoms with Crippen molar-refractivity contribution in [2.75, 3.05) is 24.8 Å². The van der Waals surface area contributed by atoms with Crippen LogP contribution in [0.3, 0.4) is 0 Å². The van der Waals surface area contributed by atoms with Gasteiger partial charge in [-0.15, -0.1) is 0 Å². The van der Waals surface area contributed by atoms with Gasteiger partial charge in [0.05, 0.1) is 18.9 Å². The number of anilines is 2. The van der Waals surface area contributed by atoms with Crippen LogP contribution >= 0.6 is 0 Å². The van der Waals surface area contributed by atoms with E-state index in [1.807, 2.05) is 6.92 Å². The fourth-order valence-corrected chi connectivity index (χ4v) is 2.46. The smallest absolute Gasteiger partial charge is 0.215 e. The van der Waals surface area contributed by atoms with E-state index in [0.717, 1.165) is 13.0 Å². The van der Waals surface area contributed by atoms with Gasteiger partial charge in [-0.1, -0.05) is 13.8 Å². The van der Waals surface area contributed by atoms with Crippen LogP contribution in [0.4, 0.5) is 11.5 Å². The van der Waals surface area contributed by atoms with Crippen LogP contribution in [0, 0.1) is 5.41 Å². The van der Waals surface area contributed by atoms with Gasteiger partial charge >= 0.3 is 0 Å². The Hall–Kier alpha value is -1.49. The van der Waals surface area contributed by atoms with Gasteiger partial charge in [-0.2, -0.15) is 4.98 Å². The molecule has 19 heavy (non-hydrogen) atoms. The van der Waals surface area contributed by atoms with Crippen molar-refractivity contribution in [1.82, 2.24) is 4.98 Å². The zero-order valence-corrected chi connectivity index (χ0v) is 12.1. The summed E-state index contributed by atoms with van der Waals surface area (Å²) in [5.74, 6) is 1.25. The van der Waals surface area contributed by atoms with Crippen molar-refractivity contribution in [1.29, 1.82) is 0 Å². The van der Waals surface area contributed by atoms with E-state index in [1.165, 1.54) is 0 Å². The van der Waals surface area contributed by atoms with Gasteiger partial charge < -0.3 is 20.5 Å². The number of nitrogens with two attached hydrogens (primary N) is 1. The number of methoxy groups -OCH3 is 1. The van der Waals surface area contributed by atoms with E-state index in [4.69, 9.17) is 15.2 Å². The van der Waals surface area contributed by atoms with E-state index in [1.54, 1.807) is 19.2 Å². The molecule has 1 aliphatic carbocycles. The topological polar surface area (TPSA) is 69.4 Å². The first-order chi connectivity index (χ1) is 8.98. The molecule has 1 heterocycles. The first kappa shape index (κ1) is 13.9. The number of ether oxygens (including phenoxy) is 2. The van der Waals surface area contributed by atoms with Gasteiger partial charge in [-0.3, -0.25) is 0 Å². The van der Waals surface area contributed by atoms with E-state index in [0.29, 0.717) is 29.5 Å². The predicted molar refractivity (Wildman–Crippen MR) is 76.4 cm³/mol. The highest BCUT2D eigenvalue weighted by atomic mass is 16.5. The standard InChI is InChI=1S/C14H23N3O2/c1-5-19-11-8-10(14(11,2)3)16-13-9(15)6-7-12(17-13)18-4/h6-7,10-11H,5,8,15H2,1-4H3,(H,16,17). The lowest BCUT2D eigenvalue weighted by Gasteiger charge is -2.51. The van der Waals surface area contributed by atoms with Crippen molar-refractivity contribution < 1.29 is 9.47 Å². The quantitative estimate of drug-likeness (QED) is 0.855. The summed E-state index contributed by atoms with van der Waals surface area (Å²) < 4.78 is 10.8. The summed E-state index contributed by atoms with van der Waals surface area (Å²) in [6.45, 7) is 7.18. The Kier molecular flexibility index (Phi) is 3.85. The van der Waals surface area contributed by atoms with Crippen molar-refractivity contribution in [3.8, 4) is 5.88 Å². The summed E-state index contributed by atoms with van der Waals surface area (Å²) in [5, 5.41) is 3.40. The molecule has 0 spiro atoms. The fraction of sp³-hybridized carbons (Fsp3) is 0.643. The Labute approximate surface area is 114 Å². The Morgan fingerprint density at radius 3 is 2.79 bits per heavy atom. The second kappa shape index (κ2) is 5.25. The highest BCUT2D eigenvalue weighted by Crippen LogP contribution is 2.44. The molecule has 0 amide bonds. The van der Waals surface area contributed by atoms with Crippen LogP contribution < -0.4 is 15.8 Å². The minimum Gasteiger partial charge on any atom is -0.481 e. The van der Waals surface area contributed by atoms with E-state index < -0.39 is 0 Å². The molecule has 0 aliphatic heterocycles. The second-order valence-electron chi connectivity index (χ2n) is 5.49. The molecule has 0 radical (unpaired) electrons. The van der Waals surface area contributed by atoms with Crippen LogP contribution in [-0.2, 0) is 4.74 Å². The third kappa shape index (κ3) is 2.61. The number of pyridine rings is 1. The number of hydrogen-bond acceptors (Lipinski definition) is 5. The van der Waals surface area contributed by atoms with Crippen LogP contribution in [0.5, 0.6) is 5.88 Å². The number of nitrogens with one attached hydrogen (secondary N) is 1. The molecule has 1 fully saturated rings. The molecule has 106 valence electrons. The van der Waals surface area contributed by atoms with Gasteiger partial charge in [0.25, 0.3) is 0 Å². The Morgan fingerprint density at radius 2 is 2.21 bits per heavy atom. The lowest BCUT2D eigenvalue weighted by atomic mass is 9.64. The number of nitrogen functional groups attached to an aromatic ring is 1. The van der Waals surface area contributed by atoms with Crippen LogP contribution in [0.1, 0.15) is 27.2 Å². The molecule has 0 aromatic carbocycles. The van der Waals surface area contributed by atoms with Gasteiger partial charge in [0.1, 0.15) is 0 Å². The average Bonchev–Trinajstić information content (AvgIpc) is 2.39. The molecule has 1 saturated carbocycles. The molecule has 0 bridgehead atoms. The summed E-state index contributed by atoms with van der Waals surface area (Å²) in [7, 11) is 1.60. The second-order valence-corrected chi connectivity index (χ2v) is 5.49. The molecule has 3 N–H and O–H groups in total. The average molecular weight is 265 g/mol. The summed E-state index contributed by atoms with van der Waals surface area (Å²) in [6, 6.07) is 3.88. The molecule has 5 nitrogen and oxygen atoms in total. The summed E-state index contributed by atoms with van der Waals surface area (Å²) in [6.07, 6.45) is 1.26. The van der Waals surface area contributed by atoms with Crippen LogP contribution in [0.2, 0.25) is 0 Å². The Morgan fingerprint density at radius 1 is 1.47 bits per heavy atom. The first-order valence-corrected chi connectivity index (χ1v) is 6.67. The van der Waals surface area contributed by atoms with Crippen molar-refractivity contribution in [3.05, 3.63) is 12.1 Å². The molecular formula is C14H23N3O2. The highest BCUT2D eigenvalue weighted by Gasteiger charge is 2.49. The largest absolute Gasteiger partial charge is 0.481 e. The number of hydrogen-bond donors (Lipinski definition) is 2. The van der Waals surface area contributed by atoms with Crippen molar-refractivity contribution in [3.63, 3.8) is 0 Å². The normalized spacial score (nSPS) is 24.6. The van der Waals surface area contributed by atoms with Gasteiger partial charge in [-0.25, -0.2) is 0 Å². The van der Waals surface area contributed by atoms with E-state index in [9.17, 15) is 0 Å². The van der Waals surface area contributed by atoms with Crippen LogP contribution in [-0.4, -0.2) is 30.8 Å². The van der Waals surface area contributed by atoms with E-state index >= 15 is 0 Å². The zero-order valence-electron chi connectivity index (χ0n) is 12.1. The number of rotatable bonds is 5. The SMILES string of the molecule is CCOC1CC(Nc2nc(OC)ccc2N)C1(C)C. The van der Waals surface area contributed by atoms with Crippen LogP contribution in [0.15, 0.2) is 12.1 Å². The van der Waals surface area contributed by atoms with Crippen LogP contribution in [0.25, 0.3) is 0 Å². The molecule has 2 rings (SSSR count). The molecule has 1 aliphatic rings. The maximum absolute atomic E-state index is 5.94. The molecule has 0 saturated heterocycles. The summed E-state index contributed by atoms with van der Waals surface area (Å²) in [5.41, 5.74) is 6.65. The molecule has 2 unspecified atom stereocenters. The Balaban J connectivity index is 2.07. The lowest BCUT2D eigenvalue weighted by Crippen LogP contribution is -2.58. The lowest BCUT2D eigenvalue weighted by molar-refractivity contribution is -0.0976. The van der Waals surface area contributed by atoms with Gasteiger partial charge in [0.15, 0.2) is 5.82 Å². The Bertz CT molecular complexity index is 448. The van der Waals surface area contributed by atoms with Crippen molar-refractivity contribution >= 4 is 11.5 Å². The van der Waals surface area contributed by atoms with Gasteiger partial charge in [0, 0.05) is 24.1 Å². The van der Waals surface area contributed by atoms with Crippen molar-refractivity contribution in [2.45, 2.75) is 39.3 Å². The third-order valence-electron chi connectivity index (χ3n) is 3.97. The molecule has 1 aromatic rings. The zero-order chi connectivity index (χ0) is 14.0. The number of aromatic nitrogens is 1. The summed E-state index contributed by atoms with van der Waals surface area (Å²) in [4.78, 5) is 4.35. The molecule has 5 heteroatoms. The molecule has 2 atom stereocenters. The van der Waals surface area contributed by atoms with E-state index in [-0.39, 0.29) is 5.41 Å². The van der Waals surface area contributed by atoms with Crippen molar-refractivity contribution in [2.24, 2.45) is 5.41 Å². The molecule has 1 aromatic heterocycles. The van der Waals surface area contributed by atoms with E-state index in [2.05, 4.69) is 24.1 Å². The minimum absolute atomic E-state index is 0.0766. The maximum Gasteiger partial charge on any atom is 0.215 e. The summed E-state index contributed by atoms with van der Waals surface area (Å²) >= 11 is 0. The van der Waals surface area contributed by atoms with Gasteiger partial charge in [0.2, 0.25) is 5.88 Å². The third-order valence-corrected chi connectivity index (χ3v) is 3.97.